The maximum absolute atomic E-state index is 11.6. The summed E-state index contributed by atoms with van der Waals surface area (Å²) in [6.45, 7) is 0.897. The van der Waals surface area contributed by atoms with Crippen molar-refractivity contribution in [1.82, 2.24) is 0 Å². The lowest BCUT2D eigenvalue weighted by Gasteiger charge is -2.28. The van der Waals surface area contributed by atoms with Crippen molar-refractivity contribution in [3.8, 4) is 0 Å². The van der Waals surface area contributed by atoms with Gasteiger partial charge in [0.25, 0.3) is 16.0 Å². The highest BCUT2D eigenvalue weighted by Crippen LogP contribution is 2.38. The zero-order valence-corrected chi connectivity index (χ0v) is 10.9. The summed E-state index contributed by atoms with van der Waals surface area (Å²) in [5.74, 6) is -2.85. The van der Waals surface area contributed by atoms with E-state index in [1.54, 1.807) is 0 Å². The molecule has 2 unspecified atom stereocenters. The number of nitrogens with zero attached hydrogens (tertiary/aromatic N) is 2. The standard InChI is InChI=1S/C7H11BN4O7S/c1-2(20(17,18)19)3-7(6(10)14,8(15)16)4(5(9)13)12-11-3/h2,15-16H,1H3,(H2,9,13)(H2,10,14)(H,17,18,19). The summed E-state index contributed by atoms with van der Waals surface area (Å²) < 4.78 is 31.2. The molecule has 110 valence electrons. The van der Waals surface area contributed by atoms with Gasteiger partial charge < -0.3 is 21.5 Å². The zero-order chi connectivity index (χ0) is 15.9. The van der Waals surface area contributed by atoms with Crippen LogP contribution in [0.2, 0.25) is 5.31 Å². The summed E-state index contributed by atoms with van der Waals surface area (Å²) in [5, 5.41) is 20.6. The molecule has 1 aliphatic rings. The molecule has 2 atom stereocenters. The number of carbonyl (C=O) groups excluding carboxylic acids is 2. The van der Waals surface area contributed by atoms with E-state index in [1.165, 1.54) is 0 Å². The lowest BCUT2D eigenvalue weighted by molar-refractivity contribution is -0.119. The molecule has 0 saturated carbocycles. The monoisotopic (exact) mass is 306 g/mol. The number of amides is 2. The van der Waals surface area contributed by atoms with E-state index in [0.717, 1.165) is 6.92 Å². The molecular weight excluding hydrogens is 295 g/mol. The highest BCUT2D eigenvalue weighted by atomic mass is 32.2. The fourth-order valence-corrected chi connectivity index (χ4v) is 2.31. The van der Waals surface area contributed by atoms with Gasteiger partial charge in [0.2, 0.25) is 5.91 Å². The van der Waals surface area contributed by atoms with Gasteiger partial charge in [-0.05, 0) is 6.92 Å². The fourth-order valence-electron chi connectivity index (χ4n) is 1.79. The third kappa shape index (κ3) is 2.20. The second kappa shape index (κ2) is 4.94. The van der Waals surface area contributed by atoms with Gasteiger partial charge >= 0.3 is 7.12 Å². The van der Waals surface area contributed by atoms with Gasteiger partial charge in [0.1, 0.15) is 11.0 Å². The Kier molecular flexibility index (Phi) is 4.00. The van der Waals surface area contributed by atoms with Crippen LogP contribution in [0.15, 0.2) is 10.2 Å². The van der Waals surface area contributed by atoms with Crippen molar-refractivity contribution < 1.29 is 32.6 Å². The van der Waals surface area contributed by atoms with Crippen LogP contribution in [-0.2, 0) is 19.7 Å². The summed E-state index contributed by atoms with van der Waals surface area (Å²) in [5.41, 5.74) is 8.23. The first-order valence-corrected chi connectivity index (χ1v) is 6.56. The molecule has 1 aliphatic heterocycles. The molecular formula is C7H11BN4O7S. The topological polar surface area (TPSA) is 206 Å². The van der Waals surface area contributed by atoms with Gasteiger partial charge in [0.05, 0.1) is 5.71 Å². The predicted octanol–water partition coefficient (Wildman–Crippen LogP) is -3.74. The van der Waals surface area contributed by atoms with E-state index in [9.17, 15) is 28.1 Å². The second-order valence-corrected chi connectivity index (χ2v) is 5.74. The first-order chi connectivity index (χ1) is 8.97. The molecule has 1 heterocycles. The van der Waals surface area contributed by atoms with Crippen molar-refractivity contribution in [2.75, 3.05) is 0 Å². The normalized spacial score (nSPS) is 23.8. The Labute approximate surface area is 113 Å². The number of hydrogen-bond acceptors (Lipinski definition) is 8. The molecule has 13 heteroatoms. The minimum absolute atomic E-state index is 0.809. The van der Waals surface area contributed by atoms with Gasteiger partial charge in [0, 0.05) is 0 Å². The fraction of sp³-hybridized carbons (Fsp3) is 0.429. The van der Waals surface area contributed by atoms with E-state index in [-0.39, 0.29) is 0 Å². The van der Waals surface area contributed by atoms with Gasteiger partial charge in [0.15, 0.2) is 5.31 Å². The third-order valence-electron chi connectivity index (χ3n) is 2.88. The van der Waals surface area contributed by atoms with Crippen LogP contribution in [0.25, 0.3) is 0 Å². The molecule has 0 aromatic carbocycles. The molecule has 1 rings (SSSR count). The quantitative estimate of drug-likeness (QED) is 0.253. The van der Waals surface area contributed by atoms with Crippen LogP contribution < -0.4 is 11.5 Å². The predicted molar refractivity (Wildman–Crippen MR) is 67.2 cm³/mol. The Morgan fingerprint density at radius 3 is 2.10 bits per heavy atom. The molecule has 11 nitrogen and oxygen atoms in total. The average molecular weight is 306 g/mol. The van der Waals surface area contributed by atoms with Crippen LogP contribution in [-0.4, -0.2) is 58.6 Å². The van der Waals surface area contributed by atoms with E-state index in [1.807, 2.05) is 0 Å². The lowest BCUT2D eigenvalue weighted by atomic mass is 9.51. The lowest BCUT2D eigenvalue weighted by Crippen LogP contribution is -2.58. The van der Waals surface area contributed by atoms with E-state index in [2.05, 4.69) is 10.2 Å². The van der Waals surface area contributed by atoms with E-state index in [4.69, 9.17) is 16.0 Å². The number of primary amides is 2. The number of nitrogens with two attached hydrogens (primary N) is 2. The summed E-state index contributed by atoms with van der Waals surface area (Å²) in [6.07, 6.45) is 0. The van der Waals surface area contributed by atoms with Crippen molar-refractivity contribution >= 4 is 40.5 Å². The van der Waals surface area contributed by atoms with Gasteiger partial charge in [-0.25, -0.2) is 0 Å². The highest BCUT2D eigenvalue weighted by Gasteiger charge is 2.63. The molecule has 0 saturated heterocycles. The van der Waals surface area contributed by atoms with E-state index in [0.29, 0.717) is 0 Å². The van der Waals surface area contributed by atoms with Crippen LogP contribution in [0.5, 0.6) is 0 Å². The molecule has 20 heavy (non-hydrogen) atoms. The Bertz CT molecular complexity index is 627. The zero-order valence-electron chi connectivity index (χ0n) is 10.1. The molecule has 7 N–H and O–H groups in total. The van der Waals surface area contributed by atoms with Crippen LogP contribution in [0, 0.1) is 0 Å². The van der Waals surface area contributed by atoms with Crippen molar-refractivity contribution in [1.29, 1.82) is 0 Å². The smallest absolute Gasteiger partial charge is 0.426 e. The van der Waals surface area contributed by atoms with Gasteiger partial charge in [-0.1, -0.05) is 0 Å². The summed E-state index contributed by atoms with van der Waals surface area (Å²) >= 11 is 0. The SMILES string of the molecule is CC(C1=NN=C(C(N)=O)C1(B(O)O)C(N)=O)S(=O)(=O)O. The third-order valence-corrected chi connectivity index (χ3v) is 3.99. The Morgan fingerprint density at radius 2 is 1.80 bits per heavy atom. The summed E-state index contributed by atoms with van der Waals surface area (Å²) in [7, 11) is -7.39. The number of rotatable bonds is 5. The summed E-state index contributed by atoms with van der Waals surface area (Å²) in [6, 6.07) is 0. The minimum atomic E-state index is -4.76. The van der Waals surface area contributed by atoms with E-state index >= 15 is 0 Å². The van der Waals surface area contributed by atoms with Gasteiger partial charge in [-0.3, -0.25) is 14.1 Å². The maximum atomic E-state index is 11.6. The molecule has 0 aromatic heterocycles. The molecule has 0 radical (unpaired) electrons. The van der Waals surface area contributed by atoms with Crippen LogP contribution in [0.4, 0.5) is 0 Å². The van der Waals surface area contributed by atoms with Crippen molar-refractivity contribution in [3.63, 3.8) is 0 Å². The summed E-state index contributed by atoms with van der Waals surface area (Å²) in [4.78, 5) is 22.8. The molecule has 0 spiro atoms. The van der Waals surface area contributed by atoms with Crippen molar-refractivity contribution in [2.45, 2.75) is 17.5 Å². The first-order valence-electron chi connectivity index (χ1n) is 5.06. The van der Waals surface area contributed by atoms with Crippen molar-refractivity contribution in [2.24, 2.45) is 21.7 Å². The van der Waals surface area contributed by atoms with Gasteiger partial charge in [-0.2, -0.15) is 13.5 Å². The Balaban J connectivity index is 3.58. The van der Waals surface area contributed by atoms with E-state index < -0.39 is 51.0 Å². The average Bonchev–Trinajstić information content (AvgIpc) is 2.66. The Morgan fingerprint density at radius 1 is 1.30 bits per heavy atom. The largest absolute Gasteiger partial charge is 0.480 e. The molecule has 0 bridgehead atoms. The second-order valence-electron chi connectivity index (χ2n) is 4.00. The van der Waals surface area contributed by atoms with Gasteiger partial charge in [-0.15, -0.1) is 5.10 Å². The molecule has 0 aliphatic carbocycles. The minimum Gasteiger partial charge on any atom is -0.426 e. The first kappa shape index (κ1) is 16.2. The number of hydrogen-bond donors (Lipinski definition) is 5. The molecule has 2 amide bonds. The van der Waals surface area contributed by atoms with Crippen LogP contribution in [0.3, 0.4) is 0 Å². The number of carbonyl (C=O) groups is 2. The Hall–Kier alpha value is -1.83. The molecule has 0 fully saturated rings. The van der Waals surface area contributed by atoms with Crippen molar-refractivity contribution in [3.05, 3.63) is 0 Å². The van der Waals surface area contributed by atoms with Crippen LogP contribution in [0.1, 0.15) is 6.92 Å². The maximum Gasteiger partial charge on any atom is 0.480 e. The molecule has 0 aromatic rings. The van der Waals surface area contributed by atoms with Crippen LogP contribution >= 0.6 is 0 Å². The highest BCUT2D eigenvalue weighted by molar-refractivity contribution is 7.87.